The number of benzene rings is 1. The fourth-order valence-electron chi connectivity index (χ4n) is 3.04. The highest BCUT2D eigenvalue weighted by Gasteiger charge is 2.64. The number of nitrogen functional groups attached to an aromatic ring is 1. The highest BCUT2D eigenvalue weighted by molar-refractivity contribution is 5.68. The van der Waals surface area contributed by atoms with Crippen LogP contribution < -0.4 is 15.8 Å². The molecule has 3 N–H and O–H groups in total. The van der Waals surface area contributed by atoms with Crippen molar-refractivity contribution in [3.05, 3.63) is 17.9 Å². The zero-order valence-electron chi connectivity index (χ0n) is 13.0. The molecule has 0 spiro atoms. The molecule has 1 saturated carbocycles. The number of nitrogens with two attached hydrogens (primary N) is 1. The van der Waals surface area contributed by atoms with Gasteiger partial charge in [0.05, 0.1) is 18.0 Å². The highest BCUT2D eigenvalue weighted by atomic mass is 19.1. The first-order chi connectivity index (χ1) is 9.21. The lowest BCUT2D eigenvalue weighted by Gasteiger charge is -2.13. The lowest BCUT2D eigenvalue weighted by molar-refractivity contribution is 0.322. The van der Waals surface area contributed by atoms with Crippen LogP contribution in [0.2, 0.25) is 0 Å². The minimum atomic E-state index is -0.415. The Labute approximate surface area is 120 Å². The molecule has 0 radical (unpaired) electrons. The van der Waals surface area contributed by atoms with E-state index in [1.165, 1.54) is 6.07 Å². The van der Waals surface area contributed by atoms with Crippen LogP contribution in [0.3, 0.4) is 0 Å². The summed E-state index contributed by atoms with van der Waals surface area (Å²) in [6, 6.07) is 2.97. The maximum Gasteiger partial charge on any atom is 0.167 e. The molecule has 0 atom stereocenters. The standard InChI is InChI=1S/C16H25FN2O/c1-6-20-13-8-12(11(18)7-10(13)17)19-9-14-15(2,3)16(14,4)5/h7-8,14,19H,6,9,18H2,1-5H3. The normalized spacial score (nSPS) is 19.7. The predicted molar refractivity (Wildman–Crippen MR) is 81.5 cm³/mol. The Kier molecular flexibility index (Phi) is 3.61. The van der Waals surface area contributed by atoms with E-state index in [9.17, 15) is 4.39 Å². The van der Waals surface area contributed by atoms with Crippen LogP contribution in [0.4, 0.5) is 15.8 Å². The Morgan fingerprint density at radius 3 is 2.35 bits per heavy atom. The van der Waals surface area contributed by atoms with Gasteiger partial charge in [-0.3, -0.25) is 0 Å². The van der Waals surface area contributed by atoms with Gasteiger partial charge in [-0.2, -0.15) is 0 Å². The smallest absolute Gasteiger partial charge is 0.167 e. The first-order valence-corrected chi connectivity index (χ1v) is 7.17. The number of halogens is 1. The monoisotopic (exact) mass is 280 g/mol. The maximum atomic E-state index is 13.6. The van der Waals surface area contributed by atoms with Crippen LogP contribution in [0, 0.1) is 22.6 Å². The summed E-state index contributed by atoms with van der Waals surface area (Å²) in [5.74, 6) is 0.412. The van der Waals surface area contributed by atoms with E-state index in [0.717, 1.165) is 12.2 Å². The topological polar surface area (TPSA) is 47.3 Å². The molecule has 0 amide bonds. The number of hydrogen-bond donors (Lipinski definition) is 2. The molecule has 1 fully saturated rings. The van der Waals surface area contributed by atoms with Crippen LogP contribution in [0.25, 0.3) is 0 Å². The van der Waals surface area contributed by atoms with Crippen molar-refractivity contribution in [2.24, 2.45) is 16.7 Å². The Balaban J connectivity index is 2.09. The van der Waals surface area contributed by atoms with Crippen molar-refractivity contribution in [1.82, 2.24) is 0 Å². The van der Waals surface area contributed by atoms with Crippen LogP contribution in [-0.4, -0.2) is 13.2 Å². The lowest BCUT2D eigenvalue weighted by Crippen LogP contribution is -2.10. The Hall–Kier alpha value is -1.45. The summed E-state index contributed by atoms with van der Waals surface area (Å²) in [6.45, 7) is 12.2. The number of hydrogen-bond acceptors (Lipinski definition) is 3. The third-order valence-corrected chi connectivity index (χ3v) is 5.22. The van der Waals surface area contributed by atoms with Gasteiger partial charge in [-0.15, -0.1) is 0 Å². The average molecular weight is 280 g/mol. The van der Waals surface area contributed by atoms with Crippen LogP contribution in [0.1, 0.15) is 34.6 Å². The van der Waals surface area contributed by atoms with Gasteiger partial charge in [-0.1, -0.05) is 27.7 Å². The van der Waals surface area contributed by atoms with Gasteiger partial charge in [-0.25, -0.2) is 4.39 Å². The van der Waals surface area contributed by atoms with Crippen LogP contribution in [-0.2, 0) is 0 Å². The van der Waals surface area contributed by atoms with Gasteiger partial charge in [0.1, 0.15) is 0 Å². The third kappa shape index (κ3) is 2.32. The number of anilines is 2. The summed E-state index contributed by atoms with van der Waals surface area (Å²) in [6.07, 6.45) is 0. The average Bonchev–Trinajstić information content (AvgIpc) is 2.72. The van der Waals surface area contributed by atoms with Gasteiger partial charge < -0.3 is 15.8 Å². The van der Waals surface area contributed by atoms with Gasteiger partial charge in [0, 0.05) is 18.7 Å². The summed E-state index contributed by atoms with van der Waals surface area (Å²) in [5.41, 5.74) is 7.67. The largest absolute Gasteiger partial charge is 0.491 e. The first-order valence-electron chi connectivity index (χ1n) is 7.17. The molecule has 4 heteroatoms. The van der Waals surface area contributed by atoms with Crippen LogP contribution >= 0.6 is 0 Å². The fraction of sp³-hybridized carbons (Fsp3) is 0.625. The molecule has 0 bridgehead atoms. The van der Waals surface area contributed by atoms with E-state index in [1.54, 1.807) is 6.07 Å². The molecule has 0 unspecified atom stereocenters. The molecule has 0 heterocycles. The Morgan fingerprint density at radius 2 is 1.85 bits per heavy atom. The number of ether oxygens (including phenoxy) is 1. The van der Waals surface area contributed by atoms with Gasteiger partial charge >= 0.3 is 0 Å². The zero-order chi connectivity index (χ0) is 15.1. The second-order valence-electron chi connectivity index (χ2n) is 6.68. The van der Waals surface area contributed by atoms with E-state index in [2.05, 4.69) is 33.0 Å². The van der Waals surface area contributed by atoms with Crippen LogP contribution in [0.15, 0.2) is 12.1 Å². The molecule has 1 aliphatic carbocycles. The summed E-state index contributed by atoms with van der Waals surface area (Å²) in [7, 11) is 0. The van der Waals surface area contributed by atoms with Crippen molar-refractivity contribution in [3.8, 4) is 5.75 Å². The number of nitrogens with one attached hydrogen (secondary N) is 1. The quantitative estimate of drug-likeness (QED) is 0.804. The summed E-state index contributed by atoms with van der Waals surface area (Å²) >= 11 is 0. The first kappa shape index (κ1) is 14.9. The van der Waals surface area contributed by atoms with Gasteiger partial charge in [-0.05, 0) is 23.7 Å². The molecule has 1 aromatic rings. The molecule has 1 aliphatic rings. The van der Waals surface area contributed by atoms with Crippen molar-refractivity contribution in [1.29, 1.82) is 0 Å². The molecular weight excluding hydrogens is 255 g/mol. The molecule has 1 aromatic carbocycles. The Morgan fingerprint density at radius 1 is 1.25 bits per heavy atom. The second kappa shape index (κ2) is 4.83. The summed E-state index contributed by atoms with van der Waals surface area (Å²) in [5, 5.41) is 3.34. The highest BCUT2D eigenvalue weighted by Crippen LogP contribution is 2.68. The van der Waals surface area contributed by atoms with Gasteiger partial charge in [0.15, 0.2) is 11.6 Å². The molecule has 2 rings (SSSR count). The van der Waals surface area contributed by atoms with Crippen molar-refractivity contribution < 1.29 is 9.13 Å². The molecule has 0 saturated heterocycles. The minimum Gasteiger partial charge on any atom is -0.491 e. The molecule has 0 aliphatic heterocycles. The van der Waals surface area contributed by atoms with Crippen molar-refractivity contribution in [2.75, 3.05) is 24.2 Å². The van der Waals surface area contributed by atoms with Crippen LogP contribution in [0.5, 0.6) is 5.75 Å². The van der Waals surface area contributed by atoms with E-state index in [-0.39, 0.29) is 5.75 Å². The maximum absolute atomic E-state index is 13.6. The second-order valence-corrected chi connectivity index (χ2v) is 6.68. The van der Waals surface area contributed by atoms with Crippen molar-refractivity contribution in [3.63, 3.8) is 0 Å². The van der Waals surface area contributed by atoms with E-state index in [1.807, 2.05) is 6.92 Å². The van der Waals surface area contributed by atoms with Gasteiger partial charge in [0.2, 0.25) is 0 Å². The summed E-state index contributed by atoms with van der Waals surface area (Å²) in [4.78, 5) is 0. The van der Waals surface area contributed by atoms with E-state index >= 15 is 0 Å². The predicted octanol–water partition coefficient (Wildman–Crippen LogP) is 3.90. The molecule has 3 nitrogen and oxygen atoms in total. The molecule has 0 aromatic heterocycles. The number of rotatable bonds is 5. The zero-order valence-corrected chi connectivity index (χ0v) is 13.0. The molecule has 112 valence electrons. The van der Waals surface area contributed by atoms with E-state index in [0.29, 0.717) is 29.0 Å². The summed E-state index contributed by atoms with van der Waals surface area (Å²) < 4.78 is 18.9. The minimum absolute atomic E-state index is 0.249. The van der Waals surface area contributed by atoms with E-state index < -0.39 is 5.82 Å². The Bertz CT molecular complexity index is 497. The fourth-order valence-corrected chi connectivity index (χ4v) is 3.04. The molecule has 20 heavy (non-hydrogen) atoms. The van der Waals surface area contributed by atoms with E-state index in [4.69, 9.17) is 10.5 Å². The third-order valence-electron chi connectivity index (χ3n) is 5.22. The van der Waals surface area contributed by atoms with Gasteiger partial charge in [0.25, 0.3) is 0 Å². The lowest BCUT2D eigenvalue weighted by atomic mass is 10.0. The SMILES string of the molecule is CCOc1cc(NCC2C(C)(C)C2(C)C)c(N)cc1F. The van der Waals surface area contributed by atoms with Crippen molar-refractivity contribution >= 4 is 11.4 Å². The molecular formula is C16H25FN2O. The van der Waals surface area contributed by atoms with Crippen molar-refractivity contribution in [2.45, 2.75) is 34.6 Å².